The van der Waals surface area contributed by atoms with Crippen molar-refractivity contribution in [1.82, 2.24) is 0 Å². The Kier molecular flexibility index (Phi) is 4.00. The molecule has 2 heteroatoms. The van der Waals surface area contributed by atoms with E-state index in [4.69, 9.17) is 4.74 Å². The molecule has 2 aromatic rings. The molecule has 0 aliphatic carbocycles. The summed E-state index contributed by atoms with van der Waals surface area (Å²) >= 11 is 0. The first-order valence-electron chi connectivity index (χ1n) is 6.45. The van der Waals surface area contributed by atoms with Gasteiger partial charge in [-0.25, -0.2) is 0 Å². The minimum Gasteiger partial charge on any atom is -0.457 e. The van der Waals surface area contributed by atoms with Gasteiger partial charge in [-0.2, -0.15) is 0 Å². The predicted octanol–water partition coefficient (Wildman–Crippen LogP) is 4.80. The lowest BCUT2D eigenvalue weighted by molar-refractivity contribution is 0.101. The molecular formula is C17H18O2. The van der Waals surface area contributed by atoms with Crippen LogP contribution in [0.25, 0.3) is 0 Å². The average molecular weight is 254 g/mol. The Morgan fingerprint density at radius 1 is 1.05 bits per heavy atom. The van der Waals surface area contributed by atoms with Crippen LogP contribution in [0, 0.1) is 0 Å². The molecule has 0 aliphatic rings. The molecule has 0 N–H and O–H groups in total. The molecule has 0 radical (unpaired) electrons. The largest absolute Gasteiger partial charge is 0.457 e. The highest BCUT2D eigenvalue weighted by molar-refractivity contribution is 5.96. The maximum Gasteiger partial charge on any atom is 0.163 e. The van der Waals surface area contributed by atoms with Crippen molar-refractivity contribution in [3.05, 3.63) is 59.7 Å². The van der Waals surface area contributed by atoms with E-state index in [0.717, 1.165) is 5.75 Å². The summed E-state index contributed by atoms with van der Waals surface area (Å²) in [6.45, 7) is 5.83. The van der Waals surface area contributed by atoms with Gasteiger partial charge in [0.2, 0.25) is 0 Å². The number of hydrogen-bond donors (Lipinski definition) is 0. The fourth-order valence-corrected chi connectivity index (χ4v) is 1.91. The number of Topliss-reactive ketones (excluding diaryl/α,β-unsaturated/α-hetero) is 1. The minimum absolute atomic E-state index is 0.00983. The average Bonchev–Trinajstić information content (AvgIpc) is 2.39. The lowest BCUT2D eigenvalue weighted by atomic mass is 10.0. The molecule has 0 unspecified atom stereocenters. The number of rotatable bonds is 4. The smallest absolute Gasteiger partial charge is 0.163 e. The number of ketones is 1. The van der Waals surface area contributed by atoms with E-state index in [-0.39, 0.29) is 5.78 Å². The number of hydrogen-bond acceptors (Lipinski definition) is 2. The molecule has 0 bridgehead atoms. The summed E-state index contributed by atoms with van der Waals surface area (Å²) in [6, 6.07) is 15.3. The Bertz CT molecular complexity index is 585. The van der Waals surface area contributed by atoms with Gasteiger partial charge in [0.25, 0.3) is 0 Å². The van der Waals surface area contributed by atoms with Crippen LogP contribution in [0.1, 0.15) is 42.6 Å². The Hall–Kier alpha value is -2.09. The standard InChI is InChI=1S/C17H18O2/c1-12(2)14-7-6-8-15(11-14)19-17-10-5-4-9-16(17)13(3)18/h4-12H,1-3H3. The van der Waals surface area contributed by atoms with Crippen LogP contribution in [0.3, 0.4) is 0 Å². The van der Waals surface area contributed by atoms with Crippen LogP contribution >= 0.6 is 0 Å². The molecule has 0 aliphatic heterocycles. The summed E-state index contributed by atoms with van der Waals surface area (Å²) < 4.78 is 5.84. The van der Waals surface area contributed by atoms with Gasteiger partial charge >= 0.3 is 0 Å². The molecule has 19 heavy (non-hydrogen) atoms. The predicted molar refractivity (Wildman–Crippen MR) is 77.1 cm³/mol. The summed E-state index contributed by atoms with van der Waals surface area (Å²) in [6.07, 6.45) is 0. The summed E-state index contributed by atoms with van der Waals surface area (Å²) in [7, 11) is 0. The summed E-state index contributed by atoms with van der Waals surface area (Å²) in [4.78, 5) is 11.6. The second-order valence-corrected chi connectivity index (χ2v) is 4.88. The van der Waals surface area contributed by atoms with E-state index in [1.165, 1.54) is 5.56 Å². The maximum absolute atomic E-state index is 11.6. The van der Waals surface area contributed by atoms with Gasteiger partial charge in [0.15, 0.2) is 5.78 Å². The van der Waals surface area contributed by atoms with Gasteiger partial charge in [-0.3, -0.25) is 4.79 Å². The van der Waals surface area contributed by atoms with Gasteiger partial charge in [-0.1, -0.05) is 38.1 Å². The zero-order valence-electron chi connectivity index (χ0n) is 11.5. The van der Waals surface area contributed by atoms with E-state index in [9.17, 15) is 4.79 Å². The SMILES string of the molecule is CC(=O)c1ccccc1Oc1cccc(C(C)C)c1. The lowest BCUT2D eigenvalue weighted by Crippen LogP contribution is -1.97. The van der Waals surface area contributed by atoms with Crippen molar-refractivity contribution in [2.45, 2.75) is 26.7 Å². The summed E-state index contributed by atoms with van der Waals surface area (Å²) in [5, 5.41) is 0. The molecule has 0 aromatic heterocycles. The topological polar surface area (TPSA) is 26.3 Å². The van der Waals surface area contributed by atoms with E-state index in [1.54, 1.807) is 13.0 Å². The molecule has 0 fully saturated rings. The zero-order valence-corrected chi connectivity index (χ0v) is 11.5. The lowest BCUT2D eigenvalue weighted by Gasteiger charge is -2.11. The first-order chi connectivity index (χ1) is 9.08. The monoisotopic (exact) mass is 254 g/mol. The Morgan fingerprint density at radius 3 is 2.47 bits per heavy atom. The number of carbonyl (C=O) groups excluding carboxylic acids is 1. The van der Waals surface area contributed by atoms with E-state index >= 15 is 0 Å². The molecular weight excluding hydrogens is 236 g/mol. The fourth-order valence-electron chi connectivity index (χ4n) is 1.91. The maximum atomic E-state index is 11.6. The number of benzene rings is 2. The van der Waals surface area contributed by atoms with Crippen molar-refractivity contribution in [1.29, 1.82) is 0 Å². The second-order valence-electron chi connectivity index (χ2n) is 4.88. The molecule has 0 heterocycles. The highest BCUT2D eigenvalue weighted by Gasteiger charge is 2.09. The molecule has 98 valence electrons. The van der Waals surface area contributed by atoms with Crippen LogP contribution in [0.15, 0.2) is 48.5 Å². The molecule has 2 rings (SSSR count). The molecule has 2 nitrogen and oxygen atoms in total. The van der Waals surface area contributed by atoms with Crippen LogP contribution in [-0.4, -0.2) is 5.78 Å². The highest BCUT2D eigenvalue weighted by Crippen LogP contribution is 2.27. The van der Waals surface area contributed by atoms with Gasteiger partial charge < -0.3 is 4.74 Å². The van der Waals surface area contributed by atoms with Crippen molar-refractivity contribution >= 4 is 5.78 Å². The van der Waals surface area contributed by atoms with Gasteiger partial charge in [0, 0.05) is 0 Å². The molecule has 0 saturated heterocycles. The third-order valence-corrected chi connectivity index (χ3v) is 3.02. The van der Waals surface area contributed by atoms with Gasteiger partial charge in [-0.05, 0) is 42.7 Å². The number of para-hydroxylation sites is 1. The van der Waals surface area contributed by atoms with Gasteiger partial charge in [-0.15, -0.1) is 0 Å². The van der Waals surface area contributed by atoms with Crippen LogP contribution in [0.4, 0.5) is 0 Å². The Labute approximate surface area is 114 Å². The van der Waals surface area contributed by atoms with Crippen molar-refractivity contribution in [3.8, 4) is 11.5 Å². The molecule has 0 amide bonds. The second kappa shape index (κ2) is 5.70. The van der Waals surface area contributed by atoms with Gasteiger partial charge in [0.05, 0.1) is 5.56 Å². The van der Waals surface area contributed by atoms with E-state index < -0.39 is 0 Å². The molecule has 0 atom stereocenters. The highest BCUT2D eigenvalue weighted by atomic mass is 16.5. The van der Waals surface area contributed by atoms with E-state index in [2.05, 4.69) is 19.9 Å². The number of ether oxygens (including phenoxy) is 1. The quantitative estimate of drug-likeness (QED) is 0.732. The zero-order chi connectivity index (χ0) is 13.8. The van der Waals surface area contributed by atoms with Crippen LogP contribution in [0.2, 0.25) is 0 Å². The molecule has 0 spiro atoms. The number of carbonyl (C=O) groups is 1. The third kappa shape index (κ3) is 3.22. The Morgan fingerprint density at radius 2 is 1.79 bits per heavy atom. The fraction of sp³-hybridized carbons (Fsp3) is 0.235. The summed E-state index contributed by atoms with van der Waals surface area (Å²) in [5.74, 6) is 1.83. The minimum atomic E-state index is 0.00983. The van der Waals surface area contributed by atoms with Crippen LogP contribution in [-0.2, 0) is 0 Å². The Balaban J connectivity index is 2.31. The van der Waals surface area contributed by atoms with Crippen molar-refractivity contribution < 1.29 is 9.53 Å². The molecule has 2 aromatic carbocycles. The van der Waals surface area contributed by atoms with Crippen molar-refractivity contribution in [2.24, 2.45) is 0 Å². The van der Waals surface area contributed by atoms with Gasteiger partial charge in [0.1, 0.15) is 11.5 Å². The van der Waals surface area contributed by atoms with Crippen molar-refractivity contribution in [2.75, 3.05) is 0 Å². The first-order valence-corrected chi connectivity index (χ1v) is 6.45. The molecule has 0 saturated carbocycles. The van der Waals surface area contributed by atoms with E-state index in [0.29, 0.717) is 17.2 Å². The third-order valence-electron chi connectivity index (χ3n) is 3.02. The van der Waals surface area contributed by atoms with E-state index in [1.807, 2.05) is 36.4 Å². The van der Waals surface area contributed by atoms with Crippen LogP contribution in [0.5, 0.6) is 11.5 Å². The first kappa shape index (κ1) is 13.3. The summed E-state index contributed by atoms with van der Waals surface area (Å²) in [5.41, 5.74) is 1.83. The van der Waals surface area contributed by atoms with Crippen molar-refractivity contribution in [3.63, 3.8) is 0 Å². The van der Waals surface area contributed by atoms with Crippen LogP contribution < -0.4 is 4.74 Å². The normalized spacial score (nSPS) is 10.5.